The summed E-state index contributed by atoms with van der Waals surface area (Å²) in [6, 6.07) is 4.32. The number of nitrogens with one attached hydrogen (secondary N) is 1. The Morgan fingerprint density at radius 3 is 2.69 bits per heavy atom. The summed E-state index contributed by atoms with van der Waals surface area (Å²) in [5.41, 5.74) is 0.647. The highest BCUT2D eigenvalue weighted by molar-refractivity contribution is 5.40. The van der Waals surface area contributed by atoms with Crippen LogP contribution in [0.2, 0.25) is 0 Å². The van der Waals surface area contributed by atoms with Gasteiger partial charge < -0.3 is 10.2 Å². The Morgan fingerprint density at radius 2 is 2.12 bits per heavy atom. The minimum absolute atomic E-state index is 0.0308. The molecule has 0 aliphatic rings. The molecule has 0 spiro atoms. The molecule has 1 aromatic rings. The number of hydrogen-bond acceptors (Lipinski definition) is 3. The van der Waals surface area contributed by atoms with Crippen LogP contribution in [0.3, 0.4) is 0 Å². The van der Waals surface area contributed by atoms with Crippen molar-refractivity contribution in [3.63, 3.8) is 0 Å². The molecule has 0 radical (unpaired) electrons. The average Bonchev–Trinajstić information content (AvgIpc) is 2.28. The van der Waals surface area contributed by atoms with Crippen molar-refractivity contribution in [3.05, 3.63) is 23.8 Å². The van der Waals surface area contributed by atoms with Gasteiger partial charge in [-0.1, -0.05) is 12.8 Å². The normalized spacial score (nSPS) is 14.1. The first-order valence-electron chi connectivity index (χ1n) is 5.32. The molecule has 0 aliphatic heterocycles. The quantitative estimate of drug-likeness (QED) is 0.537. The maximum atomic E-state index is 9.66. The summed E-state index contributed by atoms with van der Waals surface area (Å²) in [4.78, 5) is 0. The predicted molar refractivity (Wildman–Crippen MR) is 64.2 cm³/mol. The molecule has 1 rings (SSSR count). The van der Waals surface area contributed by atoms with Crippen LogP contribution in [0.25, 0.3) is 0 Å². The lowest BCUT2D eigenvalue weighted by Crippen LogP contribution is -2.29. The van der Waals surface area contributed by atoms with Gasteiger partial charge in [0.1, 0.15) is 11.5 Å². The van der Waals surface area contributed by atoms with Gasteiger partial charge in [0.05, 0.1) is 6.04 Å². The number of phenolic OH excluding ortho intramolecular Hbond substituents is 2. The molecule has 16 heavy (non-hydrogen) atoms. The Labute approximate surface area is 96.1 Å². The first kappa shape index (κ1) is 12.4. The van der Waals surface area contributed by atoms with Gasteiger partial charge in [0.2, 0.25) is 0 Å². The van der Waals surface area contributed by atoms with Crippen molar-refractivity contribution in [1.29, 1.82) is 0 Å². The molecule has 0 amide bonds. The Hall–Kier alpha value is -1.66. The van der Waals surface area contributed by atoms with Gasteiger partial charge in [-0.2, -0.15) is 0 Å². The highest BCUT2D eigenvalue weighted by Gasteiger charge is 2.13. The number of phenols is 2. The van der Waals surface area contributed by atoms with E-state index in [1.807, 2.05) is 13.8 Å². The Kier molecular flexibility index (Phi) is 4.21. The highest BCUT2D eigenvalue weighted by Crippen LogP contribution is 2.27. The van der Waals surface area contributed by atoms with Gasteiger partial charge in [-0.05, 0) is 31.5 Å². The maximum Gasteiger partial charge on any atom is 0.120 e. The van der Waals surface area contributed by atoms with Gasteiger partial charge in [-0.3, -0.25) is 5.32 Å². The zero-order valence-corrected chi connectivity index (χ0v) is 9.57. The van der Waals surface area contributed by atoms with Crippen molar-refractivity contribution in [2.75, 3.05) is 0 Å². The Morgan fingerprint density at radius 1 is 1.44 bits per heavy atom. The largest absolute Gasteiger partial charge is 0.508 e. The van der Waals surface area contributed by atoms with Crippen molar-refractivity contribution in [2.45, 2.75) is 32.4 Å². The van der Waals surface area contributed by atoms with Crippen LogP contribution in [0.4, 0.5) is 0 Å². The number of rotatable bonds is 4. The molecule has 0 bridgehead atoms. The first-order chi connectivity index (χ1) is 7.58. The van der Waals surface area contributed by atoms with Crippen LogP contribution >= 0.6 is 0 Å². The van der Waals surface area contributed by atoms with Crippen LogP contribution in [0.15, 0.2) is 18.2 Å². The summed E-state index contributed by atoms with van der Waals surface area (Å²) in [6.07, 6.45) is 6.17. The van der Waals surface area contributed by atoms with Crippen LogP contribution in [0, 0.1) is 12.3 Å². The second kappa shape index (κ2) is 5.43. The van der Waals surface area contributed by atoms with Crippen LogP contribution < -0.4 is 5.32 Å². The molecule has 1 aromatic carbocycles. The molecular formula is C13H17NO2. The maximum absolute atomic E-state index is 9.66. The van der Waals surface area contributed by atoms with Crippen LogP contribution in [-0.4, -0.2) is 16.3 Å². The topological polar surface area (TPSA) is 52.5 Å². The molecule has 0 saturated carbocycles. The molecular weight excluding hydrogens is 202 g/mol. The minimum atomic E-state index is -0.104. The summed E-state index contributed by atoms with van der Waals surface area (Å²) in [5.74, 6) is 2.92. The summed E-state index contributed by atoms with van der Waals surface area (Å²) in [5, 5.41) is 22.2. The standard InChI is InChI=1S/C13H17NO2/c1-4-10(5-2)14-9(3)12-8-11(15)6-7-13(12)16/h1,6-10,14-16H,5H2,2-3H3. The summed E-state index contributed by atoms with van der Waals surface area (Å²) < 4.78 is 0. The van der Waals surface area contributed by atoms with E-state index in [1.54, 1.807) is 0 Å². The molecule has 0 saturated heterocycles. The molecule has 0 aliphatic carbocycles. The van der Waals surface area contributed by atoms with Gasteiger partial charge in [-0.15, -0.1) is 6.42 Å². The Bertz CT molecular complexity index is 395. The zero-order valence-electron chi connectivity index (χ0n) is 9.57. The highest BCUT2D eigenvalue weighted by atomic mass is 16.3. The average molecular weight is 219 g/mol. The summed E-state index contributed by atoms with van der Waals surface area (Å²) in [6.45, 7) is 3.89. The van der Waals surface area contributed by atoms with Crippen molar-refractivity contribution in [2.24, 2.45) is 0 Å². The van der Waals surface area contributed by atoms with Gasteiger partial charge >= 0.3 is 0 Å². The smallest absolute Gasteiger partial charge is 0.120 e. The van der Waals surface area contributed by atoms with Crippen molar-refractivity contribution >= 4 is 0 Å². The third-order valence-electron chi connectivity index (χ3n) is 2.54. The molecule has 3 nitrogen and oxygen atoms in total. The fourth-order valence-corrected chi connectivity index (χ4v) is 1.56. The lowest BCUT2D eigenvalue weighted by molar-refractivity contribution is 0.434. The van der Waals surface area contributed by atoms with Crippen LogP contribution in [0.5, 0.6) is 11.5 Å². The molecule has 2 unspecified atom stereocenters. The second-order valence-electron chi connectivity index (χ2n) is 3.76. The van der Waals surface area contributed by atoms with E-state index in [1.165, 1.54) is 18.2 Å². The molecule has 0 heterocycles. The third-order valence-corrected chi connectivity index (χ3v) is 2.54. The molecule has 86 valence electrons. The minimum Gasteiger partial charge on any atom is -0.508 e. The molecule has 0 fully saturated rings. The zero-order chi connectivity index (χ0) is 12.1. The predicted octanol–water partition coefficient (Wildman–Crippen LogP) is 2.16. The van der Waals surface area contributed by atoms with Crippen LogP contribution in [-0.2, 0) is 0 Å². The van der Waals surface area contributed by atoms with E-state index in [0.29, 0.717) is 5.56 Å². The van der Waals surface area contributed by atoms with Gasteiger partial charge in [0.15, 0.2) is 0 Å². The van der Waals surface area contributed by atoms with Gasteiger partial charge in [0, 0.05) is 11.6 Å². The second-order valence-corrected chi connectivity index (χ2v) is 3.76. The SMILES string of the molecule is C#CC(CC)NC(C)c1cc(O)ccc1O. The third kappa shape index (κ3) is 2.91. The van der Waals surface area contributed by atoms with Crippen molar-refractivity contribution < 1.29 is 10.2 Å². The molecule has 3 N–H and O–H groups in total. The number of benzene rings is 1. The number of terminal acetylenes is 1. The molecule has 0 aromatic heterocycles. The van der Waals surface area contributed by atoms with Gasteiger partial charge in [-0.25, -0.2) is 0 Å². The first-order valence-corrected chi connectivity index (χ1v) is 5.32. The van der Waals surface area contributed by atoms with E-state index in [0.717, 1.165) is 6.42 Å². The summed E-state index contributed by atoms with van der Waals surface area (Å²) in [7, 11) is 0. The van der Waals surface area contributed by atoms with E-state index in [2.05, 4.69) is 11.2 Å². The number of hydrogen-bond donors (Lipinski definition) is 3. The van der Waals surface area contributed by atoms with Crippen molar-refractivity contribution in [3.8, 4) is 23.8 Å². The molecule has 3 heteroatoms. The number of aromatic hydroxyl groups is 2. The fourth-order valence-electron chi connectivity index (χ4n) is 1.56. The monoisotopic (exact) mass is 219 g/mol. The molecule has 2 atom stereocenters. The van der Waals surface area contributed by atoms with E-state index in [-0.39, 0.29) is 23.6 Å². The lowest BCUT2D eigenvalue weighted by atomic mass is 10.1. The van der Waals surface area contributed by atoms with Gasteiger partial charge in [0.25, 0.3) is 0 Å². The van der Waals surface area contributed by atoms with E-state index >= 15 is 0 Å². The van der Waals surface area contributed by atoms with Crippen molar-refractivity contribution in [1.82, 2.24) is 5.32 Å². The Balaban J connectivity index is 2.84. The van der Waals surface area contributed by atoms with E-state index in [9.17, 15) is 10.2 Å². The lowest BCUT2D eigenvalue weighted by Gasteiger charge is -2.19. The fraction of sp³-hybridized carbons (Fsp3) is 0.385. The van der Waals surface area contributed by atoms with E-state index < -0.39 is 0 Å². The van der Waals surface area contributed by atoms with Crippen LogP contribution in [0.1, 0.15) is 31.9 Å². The van der Waals surface area contributed by atoms with E-state index in [4.69, 9.17) is 6.42 Å². The summed E-state index contributed by atoms with van der Waals surface area (Å²) >= 11 is 0.